The van der Waals surface area contributed by atoms with E-state index in [0.717, 1.165) is 31.4 Å². The largest absolute Gasteiger partial charge is 0.481 e. The summed E-state index contributed by atoms with van der Waals surface area (Å²) < 4.78 is 28.9. The van der Waals surface area contributed by atoms with Crippen molar-refractivity contribution in [3.63, 3.8) is 0 Å². The Hall–Kier alpha value is -1.99. The van der Waals surface area contributed by atoms with Crippen molar-refractivity contribution in [2.24, 2.45) is 0 Å². The molecule has 1 aliphatic heterocycles. The molecular formula is C21H26ClF2NO4. The van der Waals surface area contributed by atoms with E-state index in [2.05, 4.69) is 0 Å². The van der Waals surface area contributed by atoms with Gasteiger partial charge in [0.25, 0.3) is 0 Å². The van der Waals surface area contributed by atoms with Crippen molar-refractivity contribution in [3.8, 4) is 0 Å². The summed E-state index contributed by atoms with van der Waals surface area (Å²) >= 11 is 5.76. The number of halogens is 3. The summed E-state index contributed by atoms with van der Waals surface area (Å²) in [5.41, 5.74) is -0.372. The zero-order chi connectivity index (χ0) is 21.4. The van der Waals surface area contributed by atoms with Gasteiger partial charge in [0, 0.05) is 30.0 Å². The lowest BCUT2D eigenvalue weighted by molar-refractivity contribution is -0.137. The van der Waals surface area contributed by atoms with Gasteiger partial charge >= 0.3 is 11.9 Å². The van der Waals surface area contributed by atoms with Crippen molar-refractivity contribution in [1.29, 1.82) is 0 Å². The van der Waals surface area contributed by atoms with Gasteiger partial charge in [-0.1, -0.05) is 48.7 Å². The van der Waals surface area contributed by atoms with Crippen LogP contribution in [-0.2, 0) is 15.5 Å². The summed E-state index contributed by atoms with van der Waals surface area (Å²) in [4.78, 5) is 24.2. The van der Waals surface area contributed by atoms with Crippen LogP contribution >= 0.6 is 11.6 Å². The predicted octanol–water partition coefficient (Wildman–Crippen LogP) is 4.38. The number of hydrogen-bond donors (Lipinski definition) is 2. The number of carbonyl (C=O) groups is 2. The summed E-state index contributed by atoms with van der Waals surface area (Å²) in [6, 6.07) is 4.88. The molecule has 0 bridgehead atoms. The Bertz CT molecular complexity index is 741. The van der Waals surface area contributed by atoms with E-state index < -0.39 is 18.0 Å². The third-order valence-corrected chi connectivity index (χ3v) is 5.25. The van der Waals surface area contributed by atoms with Crippen LogP contribution in [0.15, 0.2) is 36.4 Å². The first kappa shape index (κ1) is 23.3. The topological polar surface area (TPSA) is 77.8 Å². The van der Waals surface area contributed by atoms with E-state index in [-0.39, 0.29) is 29.0 Å². The van der Waals surface area contributed by atoms with Gasteiger partial charge in [-0.2, -0.15) is 8.78 Å². The van der Waals surface area contributed by atoms with Gasteiger partial charge in [-0.25, -0.2) is 0 Å². The number of aliphatic carboxylic acids is 1. The molecule has 0 saturated carbocycles. The molecule has 0 unspecified atom stereocenters. The third kappa shape index (κ3) is 6.78. The van der Waals surface area contributed by atoms with Gasteiger partial charge in [0.1, 0.15) is 6.10 Å². The second kappa shape index (κ2) is 10.7. The van der Waals surface area contributed by atoms with E-state index in [1.165, 1.54) is 24.3 Å². The van der Waals surface area contributed by atoms with Gasteiger partial charge in [-0.15, -0.1) is 0 Å². The summed E-state index contributed by atoms with van der Waals surface area (Å²) in [5, 5.41) is 18.8. The van der Waals surface area contributed by atoms with E-state index in [1.807, 2.05) is 0 Å². The van der Waals surface area contributed by atoms with Gasteiger partial charge in [0.05, 0.1) is 6.04 Å². The Labute approximate surface area is 174 Å². The Kier molecular flexibility index (Phi) is 8.59. The normalized spacial score (nSPS) is 18.6. The second-order valence-electron chi connectivity index (χ2n) is 7.21. The smallest absolute Gasteiger partial charge is 0.303 e. The molecule has 1 aromatic rings. The van der Waals surface area contributed by atoms with Crippen molar-refractivity contribution >= 4 is 23.5 Å². The lowest BCUT2D eigenvalue weighted by atomic mass is 10.0. The maximum atomic E-state index is 14.5. The predicted molar refractivity (Wildman–Crippen MR) is 106 cm³/mol. The quantitative estimate of drug-likeness (QED) is 0.404. The van der Waals surface area contributed by atoms with Crippen molar-refractivity contribution in [1.82, 2.24) is 4.90 Å². The fourth-order valence-corrected chi connectivity index (χ4v) is 3.57. The van der Waals surface area contributed by atoms with E-state index in [0.29, 0.717) is 25.8 Å². The SMILES string of the molecule is O=C(O)CCCCCCN1C(=O)CC[C@@H]1C=C[C@@H](O)C(F)(F)c1cccc(Cl)c1. The number of benzene rings is 1. The van der Waals surface area contributed by atoms with E-state index in [4.69, 9.17) is 16.7 Å². The molecule has 0 radical (unpaired) electrons. The van der Waals surface area contributed by atoms with Gasteiger partial charge in [-0.3, -0.25) is 9.59 Å². The Morgan fingerprint density at radius 3 is 2.72 bits per heavy atom. The monoisotopic (exact) mass is 429 g/mol. The number of alkyl halides is 2. The average Bonchev–Trinajstić information content (AvgIpc) is 3.02. The number of likely N-dealkylation sites (tertiary alicyclic amines) is 1. The minimum Gasteiger partial charge on any atom is -0.481 e. The molecule has 160 valence electrons. The number of hydrogen-bond acceptors (Lipinski definition) is 3. The van der Waals surface area contributed by atoms with Gasteiger partial charge in [-0.05, 0) is 31.4 Å². The highest BCUT2D eigenvalue weighted by molar-refractivity contribution is 6.30. The first-order valence-electron chi connectivity index (χ1n) is 9.73. The molecule has 0 spiro atoms. The van der Waals surface area contributed by atoms with E-state index in [1.54, 1.807) is 4.90 Å². The molecule has 1 amide bonds. The highest BCUT2D eigenvalue weighted by Crippen LogP contribution is 2.34. The summed E-state index contributed by atoms with van der Waals surface area (Å²) in [6.07, 6.45) is 4.35. The molecular weight excluding hydrogens is 404 g/mol. The number of carboxylic acid groups (broad SMARTS) is 1. The minimum absolute atomic E-state index is 0.0405. The van der Waals surface area contributed by atoms with Crippen LogP contribution in [-0.4, -0.2) is 45.7 Å². The number of carboxylic acids is 1. The molecule has 1 aromatic carbocycles. The van der Waals surface area contributed by atoms with E-state index >= 15 is 0 Å². The van der Waals surface area contributed by atoms with Crippen molar-refractivity contribution in [2.75, 3.05) is 6.54 Å². The van der Waals surface area contributed by atoms with Crippen LogP contribution in [0.25, 0.3) is 0 Å². The number of rotatable bonds is 11. The molecule has 2 atom stereocenters. The van der Waals surface area contributed by atoms with Gasteiger partial charge in [0.15, 0.2) is 0 Å². The van der Waals surface area contributed by atoms with Crippen LogP contribution in [0.1, 0.15) is 50.5 Å². The van der Waals surface area contributed by atoms with E-state index in [9.17, 15) is 23.5 Å². The highest BCUT2D eigenvalue weighted by atomic mass is 35.5. The van der Waals surface area contributed by atoms with Crippen LogP contribution in [0.3, 0.4) is 0 Å². The molecule has 2 rings (SSSR count). The fourth-order valence-electron chi connectivity index (χ4n) is 3.38. The molecule has 1 aliphatic rings. The van der Waals surface area contributed by atoms with Crippen molar-refractivity contribution in [3.05, 3.63) is 47.0 Å². The molecule has 5 nitrogen and oxygen atoms in total. The van der Waals surface area contributed by atoms with Crippen LogP contribution in [0, 0.1) is 0 Å². The summed E-state index contributed by atoms with van der Waals surface area (Å²) in [6.45, 7) is 0.488. The molecule has 0 aromatic heterocycles. The minimum atomic E-state index is -3.50. The van der Waals surface area contributed by atoms with Crippen molar-refractivity contribution in [2.45, 2.75) is 63.0 Å². The molecule has 8 heteroatoms. The highest BCUT2D eigenvalue weighted by Gasteiger charge is 2.39. The summed E-state index contributed by atoms with van der Waals surface area (Å²) in [7, 11) is 0. The molecule has 0 aliphatic carbocycles. The standard InChI is InChI=1S/C21H26ClF2NO4/c22-16-7-5-6-15(14-16)21(23,24)18(26)11-9-17-10-12-19(27)25(17)13-4-2-1-3-8-20(28)29/h5-7,9,11,14,17-18,26H,1-4,8,10,12-13H2,(H,28,29)/t17-,18+/m0/s1. The number of amides is 1. The third-order valence-electron chi connectivity index (χ3n) is 5.01. The number of unbranched alkanes of at least 4 members (excludes halogenated alkanes) is 3. The Balaban J connectivity index is 1.90. The second-order valence-corrected chi connectivity index (χ2v) is 7.65. The van der Waals surface area contributed by atoms with Crippen LogP contribution in [0.4, 0.5) is 8.78 Å². The first-order chi connectivity index (χ1) is 13.7. The van der Waals surface area contributed by atoms with Crippen LogP contribution in [0.2, 0.25) is 5.02 Å². The first-order valence-corrected chi connectivity index (χ1v) is 10.1. The Morgan fingerprint density at radius 2 is 2.03 bits per heavy atom. The maximum Gasteiger partial charge on any atom is 0.303 e. The Morgan fingerprint density at radius 1 is 1.31 bits per heavy atom. The lowest BCUT2D eigenvalue weighted by Crippen LogP contribution is -2.34. The fraction of sp³-hybridized carbons (Fsp3) is 0.524. The van der Waals surface area contributed by atoms with Gasteiger partial charge in [0.2, 0.25) is 5.91 Å². The van der Waals surface area contributed by atoms with Crippen molar-refractivity contribution < 1.29 is 28.6 Å². The number of nitrogens with zero attached hydrogens (tertiary/aromatic N) is 1. The molecule has 1 heterocycles. The summed E-state index contributed by atoms with van der Waals surface area (Å²) in [5.74, 6) is -4.36. The number of carbonyl (C=O) groups excluding carboxylic acids is 1. The molecule has 1 fully saturated rings. The number of aliphatic hydroxyl groups is 1. The lowest BCUT2D eigenvalue weighted by Gasteiger charge is -2.24. The van der Waals surface area contributed by atoms with Crippen LogP contribution < -0.4 is 0 Å². The van der Waals surface area contributed by atoms with Gasteiger partial charge < -0.3 is 15.1 Å². The molecule has 2 N–H and O–H groups in total. The molecule has 29 heavy (non-hydrogen) atoms. The average molecular weight is 430 g/mol. The number of aliphatic hydroxyl groups excluding tert-OH is 1. The zero-order valence-corrected chi connectivity index (χ0v) is 16.8. The molecule has 1 saturated heterocycles. The zero-order valence-electron chi connectivity index (χ0n) is 16.1. The van der Waals surface area contributed by atoms with Crippen LogP contribution in [0.5, 0.6) is 0 Å². The maximum absolute atomic E-state index is 14.5.